The standard InChI is InChI=1S/C44H48Si/c1-32(2)45(33(3)4,34(5)6)29-28-40-41(43(36-20-12-8-13-21-36)37-22-14-9-15-23-37)30-35(7)31-42(40)44(38-24-16-10-17-25-38)39-26-18-11-19-27-39/h8-27,30-34,43-44H,1-7H3. The first kappa shape index (κ1) is 32.3. The molecule has 0 N–H and O–H groups in total. The van der Waals surface area contributed by atoms with Crippen LogP contribution in [0.4, 0.5) is 0 Å². The molecule has 0 spiro atoms. The summed E-state index contributed by atoms with van der Waals surface area (Å²) in [6.07, 6.45) is 0. The molecule has 0 radical (unpaired) electrons. The zero-order valence-corrected chi connectivity index (χ0v) is 29.1. The van der Waals surface area contributed by atoms with Gasteiger partial charge in [0.25, 0.3) is 0 Å². The van der Waals surface area contributed by atoms with E-state index in [0.29, 0.717) is 16.6 Å². The maximum atomic E-state index is 4.15. The van der Waals surface area contributed by atoms with Gasteiger partial charge in [-0.15, -0.1) is 5.54 Å². The lowest BCUT2D eigenvalue weighted by atomic mass is 9.76. The summed E-state index contributed by atoms with van der Waals surface area (Å²) < 4.78 is 0. The highest BCUT2D eigenvalue weighted by Crippen LogP contribution is 2.43. The molecule has 1 heteroatoms. The molecule has 0 amide bonds. The summed E-state index contributed by atoms with van der Waals surface area (Å²) in [7, 11) is -2.02. The Morgan fingerprint density at radius 1 is 0.444 bits per heavy atom. The molecule has 5 aromatic carbocycles. The zero-order chi connectivity index (χ0) is 32.0. The van der Waals surface area contributed by atoms with Gasteiger partial charge in [0.2, 0.25) is 0 Å². The van der Waals surface area contributed by atoms with Crippen LogP contribution in [0.3, 0.4) is 0 Å². The maximum absolute atomic E-state index is 4.15. The van der Waals surface area contributed by atoms with Crippen LogP contribution in [0.2, 0.25) is 16.6 Å². The van der Waals surface area contributed by atoms with Crippen LogP contribution in [0.1, 0.15) is 97.9 Å². The molecule has 0 unspecified atom stereocenters. The third kappa shape index (κ3) is 6.78. The van der Waals surface area contributed by atoms with E-state index >= 15 is 0 Å². The van der Waals surface area contributed by atoms with E-state index in [0.717, 1.165) is 0 Å². The van der Waals surface area contributed by atoms with Gasteiger partial charge in [0, 0.05) is 17.4 Å². The van der Waals surface area contributed by atoms with Crippen LogP contribution in [-0.4, -0.2) is 8.07 Å². The first-order valence-corrected chi connectivity index (χ1v) is 18.8. The van der Waals surface area contributed by atoms with Crippen LogP contribution in [0, 0.1) is 18.4 Å². The van der Waals surface area contributed by atoms with Crippen LogP contribution in [0.5, 0.6) is 0 Å². The van der Waals surface area contributed by atoms with Crippen molar-refractivity contribution in [2.24, 2.45) is 0 Å². The van der Waals surface area contributed by atoms with Crippen LogP contribution >= 0.6 is 0 Å². The van der Waals surface area contributed by atoms with Crippen molar-refractivity contribution in [3.8, 4) is 11.5 Å². The van der Waals surface area contributed by atoms with E-state index in [1.54, 1.807) is 0 Å². The van der Waals surface area contributed by atoms with Crippen molar-refractivity contribution < 1.29 is 0 Å². The molecule has 0 aliphatic carbocycles. The van der Waals surface area contributed by atoms with Gasteiger partial charge < -0.3 is 0 Å². The average molecular weight is 605 g/mol. The van der Waals surface area contributed by atoms with Crippen LogP contribution < -0.4 is 0 Å². The maximum Gasteiger partial charge on any atom is 0.146 e. The molecule has 0 saturated carbocycles. The molecule has 0 aliphatic heterocycles. The Labute approximate surface area is 273 Å². The van der Waals surface area contributed by atoms with Crippen LogP contribution in [-0.2, 0) is 0 Å². The summed E-state index contributed by atoms with van der Waals surface area (Å²) in [5.41, 5.74) is 16.0. The molecular formula is C44H48Si. The summed E-state index contributed by atoms with van der Waals surface area (Å²) in [5, 5.41) is 0. The summed E-state index contributed by atoms with van der Waals surface area (Å²) in [6.45, 7) is 16.7. The zero-order valence-electron chi connectivity index (χ0n) is 28.1. The van der Waals surface area contributed by atoms with E-state index in [1.165, 1.54) is 44.5 Å². The lowest BCUT2D eigenvalue weighted by Crippen LogP contribution is -2.43. The molecule has 0 saturated heterocycles. The Bertz CT molecular complexity index is 1520. The topological polar surface area (TPSA) is 0 Å². The van der Waals surface area contributed by atoms with E-state index in [2.05, 4.69) is 193 Å². The quantitative estimate of drug-likeness (QED) is 0.0892. The Morgan fingerprint density at radius 2 is 0.733 bits per heavy atom. The first-order chi connectivity index (χ1) is 21.7. The molecular weight excluding hydrogens is 557 g/mol. The Morgan fingerprint density at radius 3 is 1.00 bits per heavy atom. The Balaban J connectivity index is 1.91. The van der Waals surface area contributed by atoms with Crippen LogP contribution in [0.25, 0.3) is 0 Å². The lowest BCUT2D eigenvalue weighted by Gasteiger charge is -2.38. The highest BCUT2D eigenvalue weighted by molar-refractivity contribution is 6.90. The number of aryl methyl sites for hydroxylation is 1. The fourth-order valence-corrected chi connectivity index (χ4v) is 12.9. The van der Waals surface area contributed by atoms with Crippen molar-refractivity contribution in [2.45, 2.75) is 76.9 Å². The summed E-state index contributed by atoms with van der Waals surface area (Å²) in [5.74, 6) is 4.18. The van der Waals surface area contributed by atoms with Crippen molar-refractivity contribution in [1.82, 2.24) is 0 Å². The second kappa shape index (κ2) is 14.3. The molecule has 0 aromatic heterocycles. The van der Waals surface area contributed by atoms with Crippen molar-refractivity contribution in [1.29, 1.82) is 0 Å². The Kier molecular flexibility index (Phi) is 10.3. The molecule has 0 atom stereocenters. The van der Waals surface area contributed by atoms with Crippen molar-refractivity contribution in [3.05, 3.63) is 178 Å². The predicted molar refractivity (Wildman–Crippen MR) is 197 cm³/mol. The molecule has 0 heterocycles. The first-order valence-electron chi connectivity index (χ1n) is 16.6. The molecule has 45 heavy (non-hydrogen) atoms. The van der Waals surface area contributed by atoms with E-state index in [4.69, 9.17) is 0 Å². The van der Waals surface area contributed by atoms with Crippen LogP contribution in [0.15, 0.2) is 133 Å². The minimum Gasteiger partial charge on any atom is -0.125 e. The van der Waals surface area contributed by atoms with Gasteiger partial charge in [-0.3, -0.25) is 0 Å². The minimum atomic E-state index is -2.02. The molecule has 0 bridgehead atoms. The summed E-state index contributed by atoms with van der Waals surface area (Å²) >= 11 is 0. The number of hydrogen-bond acceptors (Lipinski definition) is 0. The SMILES string of the molecule is Cc1cc(C(c2ccccc2)c2ccccc2)c(C#C[Si](C(C)C)(C(C)C)C(C)C)c(C(c2ccccc2)c2ccccc2)c1. The van der Waals surface area contributed by atoms with Gasteiger partial charge in [-0.2, -0.15) is 0 Å². The molecule has 228 valence electrons. The van der Waals surface area contributed by atoms with Crippen molar-refractivity contribution in [3.63, 3.8) is 0 Å². The van der Waals surface area contributed by atoms with Gasteiger partial charge in [-0.05, 0) is 56.9 Å². The van der Waals surface area contributed by atoms with E-state index in [9.17, 15) is 0 Å². The fraction of sp³-hybridized carbons (Fsp3) is 0.273. The lowest BCUT2D eigenvalue weighted by molar-refractivity contribution is 0.838. The van der Waals surface area contributed by atoms with Gasteiger partial charge in [-0.1, -0.05) is 186 Å². The second-order valence-electron chi connectivity index (χ2n) is 13.5. The summed E-state index contributed by atoms with van der Waals surface area (Å²) in [6, 6.07) is 48.8. The smallest absolute Gasteiger partial charge is 0.125 e. The Hall–Kier alpha value is -4.12. The highest BCUT2D eigenvalue weighted by atomic mass is 28.3. The fourth-order valence-electron chi connectivity index (χ4n) is 7.73. The molecule has 0 aliphatic rings. The van der Waals surface area contributed by atoms with E-state index in [1.807, 2.05) is 0 Å². The second-order valence-corrected chi connectivity index (χ2v) is 19.1. The minimum absolute atomic E-state index is 0.0655. The number of benzene rings is 5. The third-order valence-corrected chi connectivity index (χ3v) is 16.1. The van der Waals surface area contributed by atoms with Gasteiger partial charge in [0.1, 0.15) is 8.07 Å². The van der Waals surface area contributed by atoms with E-state index in [-0.39, 0.29) is 11.8 Å². The molecule has 5 rings (SSSR count). The van der Waals surface area contributed by atoms with Gasteiger partial charge in [0.05, 0.1) is 0 Å². The van der Waals surface area contributed by atoms with Gasteiger partial charge in [0.15, 0.2) is 0 Å². The average Bonchev–Trinajstić information content (AvgIpc) is 3.04. The predicted octanol–water partition coefficient (Wildman–Crippen LogP) is 11.9. The summed E-state index contributed by atoms with van der Waals surface area (Å²) in [4.78, 5) is 0. The van der Waals surface area contributed by atoms with Gasteiger partial charge >= 0.3 is 0 Å². The third-order valence-electron chi connectivity index (χ3n) is 9.77. The monoisotopic (exact) mass is 604 g/mol. The highest BCUT2D eigenvalue weighted by Gasteiger charge is 2.42. The number of rotatable bonds is 9. The molecule has 5 aromatic rings. The number of hydrogen-bond donors (Lipinski definition) is 0. The van der Waals surface area contributed by atoms with Crippen molar-refractivity contribution in [2.75, 3.05) is 0 Å². The largest absolute Gasteiger partial charge is 0.146 e. The van der Waals surface area contributed by atoms with E-state index < -0.39 is 8.07 Å². The van der Waals surface area contributed by atoms with Crippen molar-refractivity contribution >= 4 is 8.07 Å². The van der Waals surface area contributed by atoms with Gasteiger partial charge in [-0.25, -0.2) is 0 Å². The normalized spacial score (nSPS) is 11.8. The molecule has 0 fully saturated rings. The molecule has 0 nitrogen and oxygen atoms in total.